The van der Waals surface area contributed by atoms with E-state index < -0.39 is 0 Å². The Morgan fingerprint density at radius 1 is 0.382 bits per heavy atom. The van der Waals surface area contributed by atoms with Crippen molar-refractivity contribution in [2.75, 3.05) is 0 Å². The van der Waals surface area contributed by atoms with Gasteiger partial charge in [-0.25, -0.2) is 32.5 Å². The first-order valence-corrected chi connectivity index (χ1v) is 17.3. The number of para-hydroxylation sites is 1. The molecular weight excluding hydrogens is 698 g/mol. The predicted molar refractivity (Wildman–Crippen MR) is 207 cm³/mol. The van der Waals surface area contributed by atoms with E-state index >= 15 is 0 Å². The van der Waals surface area contributed by atoms with Crippen molar-refractivity contribution in [1.29, 1.82) is 0 Å². The molecule has 0 atom stereocenters. The lowest BCUT2D eigenvalue weighted by molar-refractivity contribution is 0.626. The highest BCUT2D eigenvalue weighted by Crippen LogP contribution is 2.29. The van der Waals surface area contributed by atoms with Gasteiger partial charge in [0.05, 0.1) is 57.2 Å². The summed E-state index contributed by atoms with van der Waals surface area (Å²) in [5, 5.41) is 8.85. The summed E-state index contributed by atoms with van der Waals surface area (Å²) in [7, 11) is 0. The Hall–Kier alpha value is -7.53. The van der Waals surface area contributed by atoms with Crippen LogP contribution in [-0.2, 0) is 0 Å². The van der Waals surface area contributed by atoms with Gasteiger partial charge in [0.15, 0.2) is 0 Å². The van der Waals surface area contributed by atoms with E-state index in [0.717, 1.165) is 67.3 Å². The molecule has 0 N–H and O–H groups in total. The highest BCUT2D eigenvalue weighted by Gasteiger charge is 2.13. The molecule has 0 spiro atoms. The molecule has 8 nitrogen and oxygen atoms in total. The van der Waals surface area contributed by atoms with E-state index in [2.05, 4.69) is 26.2 Å². The second-order valence-corrected chi connectivity index (χ2v) is 12.7. The number of nitrogens with zero attached hydrogens (tertiary/aromatic N) is 8. The topological polar surface area (TPSA) is 71.3 Å². The molecule has 10 rings (SSSR count). The highest BCUT2D eigenvalue weighted by atomic mass is 19.1. The molecule has 0 saturated carbocycles. The van der Waals surface area contributed by atoms with Crippen LogP contribution in [0.2, 0.25) is 0 Å². The molecule has 0 aliphatic carbocycles. The van der Waals surface area contributed by atoms with Crippen LogP contribution in [0.5, 0.6) is 0 Å². The third-order valence-electron chi connectivity index (χ3n) is 9.25. The standard InChI is InChI=1S/C22H14F2N4.C22H15FN4/c23-16-2-6-18(7-3-16)27-14-25-20-10-1-15(13-22(20)27)21-11-12-26-28(21)19-8-4-17(24)5-9-19;23-17-7-9-18(10-8-17)26-15-24-20-11-6-16(14-22(20)26)21-12-13-25-27(21)19-4-2-1-3-5-19/h1-14H;1-15H. The van der Waals surface area contributed by atoms with Gasteiger partial charge in [-0.3, -0.25) is 9.13 Å². The van der Waals surface area contributed by atoms with Crippen LogP contribution < -0.4 is 0 Å². The van der Waals surface area contributed by atoms with Gasteiger partial charge in [-0.2, -0.15) is 10.2 Å². The molecular formula is C44H29F3N8. The first-order valence-electron chi connectivity index (χ1n) is 17.3. The van der Waals surface area contributed by atoms with E-state index in [1.54, 1.807) is 66.1 Å². The van der Waals surface area contributed by atoms with Gasteiger partial charge in [-0.1, -0.05) is 30.3 Å². The van der Waals surface area contributed by atoms with Crippen LogP contribution in [0.3, 0.4) is 0 Å². The van der Waals surface area contributed by atoms with Crippen molar-refractivity contribution in [2.24, 2.45) is 0 Å². The monoisotopic (exact) mass is 726 g/mol. The molecule has 0 radical (unpaired) electrons. The zero-order valence-electron chi connectivity index (χ0n) is 29.0. The van der Waals surface area contributed by atoms with Crippen molar-refractivity contribution in [2.45, 2.75) is 0 Å². The molecule has 0 aliphatic rings. The summed E-state index contributed by atoms with van der Waals surface area (Å²) in [6, 6.07) is 44.8. The molecule has 55 heavy (non-hydrogen) atoms. The smallest absolute Gasteiger partial charge is 0.123 e. The minimum Gasteiger partial charge on any atom is -0.299 e. The van der Waals surface area contributed by atoms with Crippen LogP contribution in [0.1, 0.15) is 0 Å². The lowest BCUT2D eigenvalue weighted by Gasteiger charge is -2.09. The summed E-state index contributed by atoms with van der Waals surface area (Å²) >= 11 is 0. The van der Waals surface area contributed by atoms with E-state index in [4.69, 9.17) is 0 Å². The molecule has 0 unspecified atom stereocenters. The maximum Gasteiger partial charge on any atom is 0.123 e. The lowest BCUT2D eigenvalue weighted by atomic mass is 10.1. The van der Waals surface area contributed by atoms with Crippen LogP contribution in [0.15, 0.2) is 177 Å². The SMILES string of the molecule is Fc1ccc(-n2cnc3ccc(-c4ccnn4-c4ccccc4)cc32)cc1.Fc1ccc(-n2nccc2-c2ccc3ncn(-c4ccc(F)cc4)c3c2)cc1. The summed E-state index contributed by atoms with van der Waals surface area (Å²) < 4.78 is 47.3. The molecule has 11 heteroatoms. The van der Waals surface area contributed by atoms with Gasteiger partial charge in [-0.15, -0.1) is 0 Å². The van der Waals surface area contributed by atoms with Crippen molar-refractivity contribution >= 4 is 22.1 Å². The molecule has 0 amide bonds. The van der Waals surface area contributed by atoms with Crippen LogP contribution in [0, 0.1) is 17.5 Å². The molecule has 266 valence electrons. The number of fused-ring (bicyclic) bond motifs is 2. The van der Waals surface area contributed by atoms with Crippen molar-refractivity contribution < 1.29 is 13.2 Å². The second kappa shape index (κ2) is 14.1. The summed E-state index contributed by atoms with van der Waals surface area (Å²) in [5.41, 5.74) is 10.9. The van der Waals surface area contributed by atoms with Crippen LogP contribution in [0.4, 0.5) is 13.2 Å². The van der Waals surface area contributed by atoms with Gasteiger partial charge in [-0.05, 0) is 121 Å². The first kappa shape index (κ1) is 33.3. The average Bonchev–Trinajstić information content (AvgIpc) is 4.06. The Bertz CT molecular complexity index is 2890. The minimum absolute atomic E-state index is 0.254. The van der Waals surface area contributed by atoms with Crippen molar-refractivity contribution in [3.05, 3.63) is 194 Å². The number of benzene rings is 6. The van der Waals surface area contributed by atoms with Crippen molar-refractivity contribution in [1.82, 2.24) is 38.7 Å². The Labute approximate surface area is 312 Å². The summed E-state index contributed by atoms with van der Waals surface area (Å²) in [4.78, 5) is 8.90. The Kier molecular flexibility index (Phi) is 8.56. The van der Waals surface area contributed by atoms with Gasteiger partial charge < -0.3 is 0 Å². The van der Waals surface area contributed by atoms with Gasteiger partial charge in [0, 0.05) is 22.5 Å². The fourth-order valence-corrected chi connectivity index (χ4v) is 6.56. The second-order valence-electron chi connectivity index (χ2n) is 12.7. The molecule has 0 bridgehead atoms. The quantitative estimate of drug-likeness (QED) is 0.171. The first-order chi connectivity index (χ1) is 27.0. The van der Waals surface area contributed by atoms with Crippen LogP contribution >= 0.6 is 0 Å². The normalized spacial score (nSPS) is 11.2. The van der Waals surface area contributed by atoms with Crippen LogP contribution in [-0.4, -0.2) is 38.7 Å². The molecule has 0 saturated heterocycles. The van der Waals surface area contributed by atoms with Crippen molar-refractivity contribution in [3.8, 4) is 45.3 Å². The van der Waals surface area contributed by atoms with Gasteiger partial charge >= 0.3 is 0 Å². The van der Waals surface area contributed by atoms with Crippen LogP contribution in [0.25, 0.3) is 67.3 Å². The number of hydrogen-bond acceptors (Lipinski definition) is 4. The predicted octanol–water partition coefficient (Wildman–Crippen LogP) is 10.2. The van der Waals surface area contributed by atoms with E-state index in [1.165, 1.54) is 36.4 Å². The van der Waals surface area contributed by atoms with Gasteiger partial charge in [0.2, 0.25) is 0 Å². The molecule has 4 heterocycles. The summed E-state index contributed by atoms with van der Waals surface area (Å²) in [5.74, 6) is -0.824. The Morgan fingerprint density at radius 3 is 1.22 bits per heavy atom. The molecule has 6 aromatic carbocycles. The van der Waals surface area contributed by atoms with Gasteiger partial charge in [0.1, 0.15) is 30.1 Å². The zero-order chi connectivity index (χ0) is 37.3. The molecule has 0 aliphatic heterocycles. The summed E-state index contributed by atoms with van der Waals surface area (Å²) in [6.07, 6.45) is 6.99. The third kappa shape index (κ3) is 6.55. The van der Waals surface area contributed by atoms with Gasteiger partial charge in [0.25, 0.3) is 0 Å². The van der Waals surface area contributed by atoms with Crippen molar-refractivity contribution in [3.63, 3.8) is 0 Å². The number of aromatic nitrogens is 8. The Balaban J connectivity index is 0.000000144. The Morgan fingerprint density at radius 2 is 0.782 bits per heavy atom. The minimum atomic E-state index is -0.290. The highest BCUT2D eigenvalue weighted by molar-refractivity contribution is 5.84. The van der Waals surface area contributed by atoms with E-state index in [9.17, 15) is 13.2 Å². The van der Waals surface area contributed by atoms with E-state index in [1.807, 2.05) is 86.6 Å². The number of hydrogen-bond donors (Lipinski definition) is 0. The average molecular weight is 727 g/mol. The molecule has 10 aromatic rings. The van der Waals surface area contributed by atoms with E-state index in [-0.39, 0.29) is 17.5 Å². The molecule has 0 fully saturated rings. The number of halogens is 3. The third-order valence-corrected chi connectivity index (χ3v) is 9.25. The van der Waals surface area contributed by atoms with E-state index in [0.29, 0.717) is 0 Å². The maximum absolute atomic E-state index is 13.3. The fourth-order valence-electron chi connectivity index (χ4n) is 6.56. The fraction of sp³-hybridized carbons (Fsp3) is 0. The number of rotatable bonds is 6. The molecule has 4 aromatic heterocycles. The zero-order valence-corrected chi connectivity index (χ0v) is 29.0. The summed E-state index contributed by atoms with van der Waals surface area (Å²) in [6.45, 7) is 0. The maximum atomic E-state index is 13.3. The lowest BCUT2D eigenvalue weighted by Crippen LogP contribution is -1.99. The number of imidazole rings is 2. The largest absolute Gasteiger partial charge is 0.299 e.